The van der Waals surface area contributed by atoms with Crippen LogP contribution in [0.2, 0.25) is 0 Å². The van der Waals surface area contributed by atoms with Crippen LogP contribution in [0.1, 0.15) is 20.8 Å². The van der Waals surface area contributed by atoms with Crippen LogP contribution in [0.25, 0.3) is 0 Å². The number of anilines is 1. The van der Waals surface area contributed by atoms with Gasteiger partial charge in [0.1, 0.15) is 6.04 Å². The molecule has 0 aromatic carbocycles. The van der Waals surface area contributed by atoms with Crippen LogP contribution < -0.4 is 21.9 Å². The first-order chi connectivity index (χ1) is 8.40. The van der Waals surface area contributed by atoms with Crippen molar-refractivity contribution >= 4 is 11.7 Å². The Morgan fingerprint density at radius 1 is 1.33 bits per heavy atom. The van der Waals surface area contributed by atoms with E-state index < -0.39 is 17.3 Å². The first-order valence-electron chi connectivity index (χ1n) is 5.63. The fourth-order valence-corrected chi connectivity index (χ4v) is 1.17. The van der Waals surface area contributed by atoms with E-state index in [4.69, 9.17) is 0 Å². The molecule has 8 nitrogen and oxygen atoms in total. The Labute approximate surface area is 103 Å². The van der Waals surface area contributed by atoms with Crippen molar-refractivity contribution in [3.05, 3.63) is 20.8 Å². The van der Waals surface area contributed by atoms with Crippen molar-refractivity contribution in [2.24, 2.45) is 5.92 Å². The lowest BCUT2D eigenvalue weighted by atomic mass is 10.2. The van der Waals surface area contributed by atoms with E-state index >= 15 is 0 Å². The van der Waals surface area contributed by atoms with Crippen LogP contribution in [-0.2, 0) is 4.79 Å². The minimum atomic E-state index is -0.692. The molecule has 4 N–H and O–H groups in total. The Kier molecular flexibility index (Phi) is 4.64. The van der Waals surface area contributed by atoms with Crippen molar-refractivity contribution in [2.45, 2.75) is 26.8 Å². The van der Waals surface area contributed by atoms with Gasteiger partial charge < -0.3 is 10.6 Å². The number of aromatic nitrogens is 3. The molecule has 8 heteroatoms. The number of hydrogen-bond donors (Lipinski definition) is 4. The lowest BCUT2D eigenvalue weighted by Crippen LogP contribution is -2.41. The van der Waals surface area contributed by atoms with E-state index in [0.29, 0.717) is 12.5 Å². The highest BCUT2D eigenvalue weighted by Crippen LogP contribution is 1.95. The van der Waals surface area contributed by atoms with Gasteiger partial charge in [-0.15, -0.1) is 5.10 Å². The van der Waals surface area contributed by atoms with Crippen LogP contribution in [0.4, 0.5) is 5.82 Å². The van der Waals surface area contributed by atoms with E-state index in [1.807, 2.05) is 18.8 Å². The topological polar surface area (TPSA) is 120 Å². The van der Waals surface area contributed by atoms with Gasteiger partial charge in [0.2, 0.25) is 11.7 Å². The number of nitrogens with zero attached hydrogens (tertiary/aromatic N) is 1. The monoisotopic (exact) mass is 255 g/mol. The van der Waals surface area contributed by atoms with E-state index in [-0.39, 0.29) is 11.7 Å². The molecule has 1 aromatic rings. The van der Waals surface area contributed by atoms with E-state index in [1.54, 1.807) is 6.92 Å². The fourth-order valence-electron chi connectivity index (χ4n) is 1.17. The van der Waals surface area contributed by atoms with E-state index in [9.17, 15) is 14.4 Å². The SMILES string of the molecule is CC(C)CNC(=O)C(C)Nc1n[nH]c(=O)[nH]c1=O. The van der Waals surface area contributed by atoms with E-state index in [0.717, 1.165) is 0 Å². The quantitative estimate of drug-likeness (QED) is 0.539. The molecular weight excluding hydrogens is 238 g/mol. The molecule has 0 aliphatic heterocycles. The Morgan fingerprint density at radius 2 is 2.00 bits per heavy atom. The molecule has 0 radical (unpaired) electrons. The summed E-state index contributed by atoms with van der Waals surface area (Å²) < 4.78 is 0. The molecule has 0 saturated carbocycles. The highest BCUT2D eigenvalue weighted by molar-refractivity contribution is 5.83. The van der Waals surface area contributed by atoms with Crippen LogP contribution in [0.15, 0.2) is 9.59 Å². The summed E-state index contributed by atoms with van der Waals surface area (Å²) >= 11 is 0. The third kappa shape index (κ3) is 4.04. The zero-order chi connectivity index (χ0) is 13.7. The van der Waals surface area contributed by atoms with Gasteiger partial charge in [0.05, 0.1) is 0 Å². The first-order valence-corrected chi connectivity index (χ1v) is 5.63. The number of amides is 1. The fraction of sp³-hybridized carbons (Fsp3) is 0.600. The van der Waals surface area contributed by atoms with Gasteiger partial charge in [-0.05, 0) is 12.8 Å². The van der Waals surface area contributed by atoms with Crippen LogP contribution >= 0.6 is 0 Å². The zero-order valence-corrected chi connectivity index (χ0v) is 10.5. The Hall–Kier alpha value is -2.12. The molecule has 0 spiro atoms. The molecule has 1 aromatic heterocycles. The summed E-state index contributed by atoms with van der Waals surface area (Å²) in [4.78, 5) is 35.7. The van der Waals surface area contributed by atoms with Crippen molar-refractivity contribution in [3.8, 4) is 0 Å². The lowest BCUT2D eigenvalue weighted by Gasteiger charge is -2.14. The molecular formula is C10H17N5O3. The van der Waals surface area contributed by atoms with Crippen LogP contribution in [-0.4, -0.2) is 33.7 Å². The average Bonchev–Trinajstić information content (AvgIpc) is 2.29. The van der Waals surface area contributed by atoms with Crippen LogP contribution in [0, 0.1) is 5.92 Å². The van der Waals surface area contributed by atoms with E-state index in [2.05, 4.69) is 20.8 Å². The molecule has 0 bridgehead atoms. The smallest absolute Gasteiger partial charge is 0.342 e. The van der Waals surface area contributed by atoms with Gasteiger partial charge in [-0.2, -0.15) is 0 Å². The van der Waals surface area contributed by atoms with Crippen molar-refractivity contribution in [1.29, 1.82) is 0 Å². The summed E-state index contributed by atoms with van der Waals surface area (Å²) in [5.74, 6) is 0.00801. The summed E-state index contributed by atoms with van der Waals surface area (Å²) in [5.41, 5.74) is -1.36. The van der Waals surface area contributed by atoms with Gasteiger partial charge in [0.25, 0.3) is 5.56 Å². The first kappa shape index (κ1) is 13.9. The second kappa shape index (κ2) is 5.99. The minimum absolute atomic E-state index is 0.0956. The molecule has 1 amide bonds. The second-order valence-corrected chi connectivity index (χ2v) is 4.36. The van der Waals surface area contributed by atoms with Crippen molar-refractivity contribution in [2.75, 3.05) is 11.9 Å². The number of nitrogens with one attached hydrogen (secondary N) is 4. The third-order valence-electron chi connectivity index (χ3n) is 2.14. The molecule has 0 aliphatic rings. The van der Waals surface area contributed by atoms with Gasteiger partial charge in [-0.1, -0.05) is 13.8 Å². The maximum absolute atomic E-state index is 11.6. The normalized spacial score (nSPS) is 12.2. The van der Waals surface area contributed by atoms with Crippen molar-refractivity contribution < 1.29 is 4.79 Å². The molecule has 1 unspecified atom stereocenters. The van der Waals surface area contributed by atoms with Crippen LogP contribution in [0.5, 0.6) is 0 Å². The predicted octanol–water partition coefficient (Wildman–Crippen LogP) is -0.969. The maximum Gasteiger partial charge on any atom is 0.342 e. The lowest BCUT2D eigenvalue weighted by molar-refractivity contribution is -0.121. The molecule has 100 valence electrons. The summed E-state index contributed by atoms with van der Waals surface area (Å²) in [6.45, 7) is 6.11. The summed E-state index contributed by atoms with van der Waals surface area (Å²) in [6, 6.07) is -0.622. The summed E-state index contributed by atoms with van der Waals surface area (Å²) in [6.07, 6.45) is 0. The van der Waals surface area contributed by atoms with Crippen LogP contribution in [0.3, 0.4) is 0 Å². The second-order valence-electron chi connectivity index (χ2n) is 4.36. The number of carbonyl (C=O) groups excluding carboxylic acids is 1. The zero-order valence-electron chi connectivity index (χ0n) is 10.5. The number of aromatic amines is 2. The Balaban J connectivity index is 2.64. The largest absolute Gasteiger partial charge is 0.354 e. The highest BCUT2D eigenvalue weighted by Gasteiger charge is 2.14. The van der Waals surface area contributed by atoms with Gasteiger partial charge >= 0.3 is 5.69 Å². The summed E-state index contributed by atoms with van der Waals surface area (Å²) in [7, 11) is 0. The average molecular weight is 255 g/mol. The van der Waals surface area contributed by atoms with Crippen molar-refractivity contribution in [3.63, 3.8) is 0 Å². The highest BCUT2D eigenvalue weighted by atomic mass is 16.2. The molecule has 18 heavy (non-hydrogen) atoms. The Morgan fingerprint density at radius 3 is 2.56 bits per heavy atom. The molecule has 0 fully saturated rings. The predicted molar refractivity (Wildman–Crippen MR) is 66.4 cm³/mol. The molecule has 1 rings (SSSR count). The van der Waals surface area contributed by atoms with Gasteiger partial charge in [0, 0.05) is 6.54 Å². The molecule has 1 atom stereocenters. The molecule has 0 aliphatic carbocycles. The van der Waals surface area contributed by atoms with Gasteiger partial charge in [0.15, 0.2) is 0 Å². The van der Waals surface area contributed by atoms with Gasteiger partial charge in [-0.3, -0.25) is 14.6 Å². The minimum Gasteiger partial charge on any atom is -0.354 e. The van der Waals surface area contributed by atoms with Crippen molar-refractivity contribution in [1.82, 2.24) is 20.5 Å². The molecule has 0 saturated heterocycles. The standard InChI is InChI=1S/C10H17N5O3/c1-5(2)4-11-8(16)6(3)12-7-9(17)13-10(18)15-14-7/h5-6H,4H2,1-3H3,(H,11,16)(H,12,14)(H2,13,15,17,18). The number of H-pyrrole nitrogens is 2. The summed E-state index contributed by atoms with van der Waals surface area (Å²) in [5, 5.41) is 10.9. The third-order valence-corrected chi connectivity index (χ3v) is 2.14. The number of hydrogen-bond acceptors (Lipinski definition) is 5. The maximum atomic E-state index is 11.6. The number of carbonyl (C=O) groups is 1. The Bertz CT molecular complexity index is 519. The number of rotatable bonds is 5. The molecule has 1 heterocycles. The van der Waals surface area contributed by atoms with Gasteiger partial charge in [-0.25, -0.2) is 9.89 Å². The van der Waals surface area contributed by atoms with E-state index in [1.165, 1.54) is 0 Å².